The summed E-state index contributed by atoms with van der Waals surface area (Å²) in [6, 6.07) is 17.2. The van der Waals surface area contributed by atoms with Gasteiger partial charge in [-0.05, 0) is 47.0 Å². The molecule has 8 heteroatoms. The minimum absolute atomic E-state index is 0.0841. The largest absolute Gasteiger partial charge is 0.338 e. The number of carbonyl (C=O) groups excluding carboxylic acids is 1. The molecule has 0 bridgehead atoms. The number of urea groups is 1. The van der Waals surface area contributed by atoms with E-state index in [4.69, 9.17) is 0 Å². The molecule has 1 aliphatic rings. The van der Waals surface area contributed by atoms with Crippen LogP contribution in [-0.4, -0.2) is 37.9 Å². The molecular weight excluding hydrogens is 430 g/mol. The highest BCUT2D eigenvalue weighted by molar-refractivity contribution is 7.91. The first-order valence-electron chi connectivity index (χ1n) is 10.6. The molecule has 1 aliphatic heterocycles. The third kappa shape index (κ3) is 5.08. The van der Waals surface area contributed by atoms with Crippen LogP contribution in [0.1, 0.15) is 31.2 Å². The summed E-state index contributed by atoms with van der Waals surface area (Å²) in [5.74, 6) is 0. The van der Waals surface area contributed by atoms with Crippen LogP contribution in [0, 0.1) is 0 Å². The fraction of sp³-hybridized carbons (Fsp3) is 0.348. The molecular formula is C23H27N3O3S2. The third-order valence-electron chi connectivity index (χ3n) is 5.71. The molecule has 1 saturated heterocycles. The molecule has 3 aromatic rings. The van der Waals surface area contributed by atoms with Gasteiger partial charge in [0.1, 0.15) is 4.21 Å². The molecule has 1 unspecified atom stereocenters. The van der Waals surface area contributed by atoms with Crippen molar-refractivity contribution in [2.45, 2.75) is 42.5 Å². The van der Waals surface area contributed by atoms with Crippen molar-refractivity contribution in [3.05, 3.63) is 65.5 Å². The summed E-state index contributed by atoms with van der Waals surface area (Å²) in [6.45, 7) is 1.41. The zero-order valence-electron chi connectivity index (χ0n) is 17.3. The Balaban J connectivity index is 1.30. The standard InChI is InChI=1S/C23H27N3O3S2/c27-23(25-17-19-9-5-8-18-7-1-2-11-21(18)19)24-14-13-20-10-3-4-15-26(20)31(28,29)22-12-6-16-30-22/h1-2,5-9,11-12,16,20H,3-4,10,13-15,17H2,(H2,24,25,27). The minimum atomic E-state index is -3.46. The second kappa shape index (κ2) is 9.80. The predicted molar refractivity (Wildman–Crippen MR) is 125 cm³/mol. The normalized spacial score (nSPS) is 17.5. The molecule has 0 saturated carbocycles. The van der Waals surface area contributed by atoms with Crippen molar-refractivity contribution in [3.63, 3.8) is 0 Å². The van der Waals surface area contributed by atoms with Gasteiger partial charge in [0.15, 0.2) is 0 Å². The monoisotopic (exact) mass is 457 g/mol. The number of amides is 2. The lowest BCUT2D eigenvalue weighted by molar-refractivity contribution is 0.229. The number of hydrogen-bond acceptors (Lipinski definition) is 4. The van der Waals surface area contributed by atoms with Crippen LogP contribution < -0.4 is 10.6 Å². The van der Waals surface area contributed by atoms with Crippen molar-refractivity contribution in [2.75, 3.05) is 13.1 Å². The van der Waals surface area contributed by atoms with Crippen LogP contribution >= 0.6 is 11.3 Å². The van der Waals surface area contributed by atoms with Gasteiger partial charge in [0.2, 0.25) is 0 Å². The van der Waals surface area contributed by atoms with Crippen molar-refractivity contribution < 1.29 is 13.2 Å². The first-order valence-corrected chi connectivity index (χ1v) is 12.9. The van der Waals surface area contributed by atoms with E-state index in [1.165, 1.54) is 11.3 Å². The zero-order valence-corrected chi connectivity index (χ0v) is 18.9. The molecule has 4 rings (SSSR count). The molecule has 0 aliphatic carbocycles. The van der Waals surface area contributed by atoms with Gasteiger partial charge in [0.25, 0.3) is 10.0 Å². The predicted octanol–water partition coefficient (Wildman–Crippen LogP) is 4.33. The van der Waals surface area contributed by atoms with Crippen LogP contribution in [0.15, 0.2) is 64.2 Å². The maximum absolute atomic E-state index is 13.0. The smallest absolute Gasteiger partial charge is 0.315 e. The number of hydrogen-bond donors (Lipinski definition) is 2. The quantitative estimate of drug-likeness (QED) is 0.554. The second-order valence-corrected chi connectivity index (χ2v) is 10.8. The lowest BCUT2D eigenvalue weighted by atomic mass is 10.0. The fourth-order valence-corrected chi connectivity index (χ4v) is 6.98. The molecule has 31 heavy (non-hydrogen) atoms. The Morgan fingerprint density at radius 2 is 1.87 bits per heavy atom. The lowest BCUT2D eigenvalue weighted by Crippen LogP contribution is -2.45. The number of fused-ring (bicyclic) bond motifs is 1. The summed E-state index contributed by atoms with van der Waals surface area (Å²) in [6.07, 6.45) is 3.31. The van der Waals surface area contributed by atoms with Crippen LogP contribution in [0.4, 0.5) is 4.79 Å². The molecule has 2 amide bonds. The summed E-state index contributed by atoms with van der Waals surface area (Å²) in [5, 5.41) is 9.86. The van der Waals surface area contributed by atoms with Crippen molar-refractivity contribution >= 4 is 38.2 Å². The van der Waals surface area contributed by atoms with E-state index >= 15 is 0 Å². The van der Waals surface area contributed by atoms with Gasteiger partial charge in [-0.15, -0.1) is 11.3 Å². The third-order valence-corrected chi connectivity index (χ3v) is 9.04. The Morgan fingerprint density at radius 1 is 1.03 bits per heavy atom. The van der Waals surface area contributed by atoms with E-state index in [0.717, 1.165) is 35.6 Å². The highest BCUT2D eigenvalue weighted by Crippen LogP contribution is 2.29. The summed E-state index contributed by atoms with van der Waals surface area (Å²) in [5.41, 5.74) is 1.06. The maximum Gasteiger partial charge on any atom is 0.315 e. The van der Waals surface area contributed by atoms with Gasteiger partial charge < -0.3 is 10.6 Å². The van der Waals surface area contributed by atoms with Crippen LogP contribution in [-0.2, 0) is 16.6 Å². The van der Waals surface area contributed by atoms with Crippen LogP contribution in [0.25, 0.3) is 10.8 Å². The number of piperidine rings is 1. The van der Waals surface area contributed by atoms with E-state index in [1.807, 2.05) is 24.3 Å². The van der Waals surface area contributed by atoms with E-state index in [2.05, 4.69) is 28.8 Å². The van der Waals surface area contributed by atoms with Gasteiger partial charge in [-0.3, -0.25) is 0 Å². The first kappa shape index (κ1) is 21.8. The number of rotatable bonds is 7. The Morgan fingerprint density at radius 3 is 2.71 bits per heavy atom. The molecule has 1 aromatic heterocycles. The Kier molecular flexibility index (Phi) is 6.89. The van der Waals surface area contributed by atoms with Crippen molar-refractivity contribution in [1.29, 1.82) is 0 Å². The number of nitrogens with one attached hydrogen (secondary N) is 2. The fourth-order valence-electron chi connectivity index (χ4n) is 4.14. The minimum Gasteiger partial charge on any atom is -0.338 e. The van der Waals surface area contributed by atoms with Gasteiger partial charge >= 0.3 is 6.03 Å². The summed E-state index contributed by atoms with van der Waals surface area (Å²) < 4.78 is 27.9. The summed E-state index contributed by atoms with van der Waals surface area (Å²) >= 11 is 1.25. The van der Waals surface area contributed by atoms with E-state index in [1.54, 1.807) is 21.8 Å². The average molecular weight is 458 g/mol. The summed E-state index contributed by atoms with van der Waals surface area (Å²) in [4.78, 5) is 12.3. The summed E-state index contributed by atoms with van der Waals surface area (Å²) in [7, 11) is -3.46. The molecule has 0 radical (unpaired) electrons. The highest BCUT2D eigenvalue weighted by Gasteiger charge is 2.33. The number of benzene rings is 2. The van der Waals surface area contributed by atoms with Gasteiger partial charge in [-0.1, -0.05) is 55.0 Å². The number of nitrogens with zero attached hydrogens (tertiary/aromatic N) is 1. The van der Waals surface area contributed by atoms with Gasteiger partial charge in [-0.25, -0.2) is 13.2 Å². The molecule has 2 heterocycles. The van der Waals surface area contributed by atoms with Gasteiger partial charge in [-0.2, -0.15) is 4.31 Å². The second-order valence-electron chi connectivity index (χ2n) is 7.73. The van der Waals surface area contributed by atoms with Crippen LogP contribution in [0.2, 0.25) is 0 Å². The van der Waals surface area contributed by atoms with Crippen molar-refractivity contribution in [1.82, 2.24) is 14.9 Å². The van der Waals surface area contributed by atoms with Crippen molar-refractivity contribution in [2.24, 2.45) is 0 Å². The first-order chi connectivity index (χ1) is 15.1. The Labute approximate surface area is 187 Å². The van der Waals surface area contributed by atoms with E-state index in [0.29, 0.717) is 30.3 Å². The molecule has 164 valence electrons. The molecule has 2 N–H and O–H groups in total. The zero-order chi connectivity index (χ0) is 21.7. The van der Waals surface area contributed by atoms with E-state index < -0.39 is 10.0 Å². The Hall–Kier alpha value is -2.42. The molecule has 2 aromatic carbocycles. The van der Waals surface area contributed by atoms with E-state index in [9.17, 15) is 13.2 Å². The van der Waals surface area contributed by atoms with Crippen LogP contribution in [0.3, 0.4) is 0 Å². The topological polar surface area (TPSA) is 78.5 Å². The average Bonchev–Trinajstić information content (AvgIpc) is 3.34. The Bertz CT molecular complexity index is 1120. The van der Waals surface area contributed by atoms with Crippen molar-refractivity contribution in [3.8, 4) is 0 Å². The molecule has 1 atom stereocenters. The molecule has 0 spiro atoms. The molecule has 1 fully saturated rings. The van der Waals surface area contributed by atoms with Gasteiger partial charge in [0, 0.05) is 25.7 Å². The lowest BCUT2D eigenvalue weighted by Gasteiger charge is -2.34. The maximum atomic E-state index is 13.0. The van der Waals surface area contributed by atoms with Crippen LogP contribution in [0.5, 0.6) is 0 Å². The number of carbonyl (C=O) groups is 1. The SMILES string of the molecule is O=C(NCCC1CCCCN1S(=O)(=O)c1cccs1)NCc1cccc2ccccc12. The molecule has 6 nitrogen and oxygen atoms in total. The number of sulfonamides is 1. The van der Waals surface area contributed by atoms with Gasteiger partial charge in [0.05, 0.1) is 0 Å². The number of thiophene rings is 1. The highest BCUT2D eigenvalue weighted by atomic mass is 32.2. The van der Waals surface area contributed by atoms with E-state index in [-0.39, 0.29) is 12.1 Å².